The summed E-state index contributed by atoms with van der Waals surface area (Å²) in [6.07, 6.45) is 4.53. The number of hydrogen-bond donors (Lipinski definition) is 3. The summed E-state index contributed by atoms with van der Waals surface area (Å²) in [5, 5.41) is 3.37. The maximum Gasteiger partial charge on any atom is 0.169 e. The second-order valence-corrected chi connectivity index (χ2v) is 5.15. The van der Waals surface area contributed by atoms with Crippen LogP contribution in [-0.2, 0) is 0 Å². The fraction of sp³-hybridized carbons (Fsp3) is 0.429. The molecule has 19 heavy (non-hydrogen) atoms. The summed E-state index contributed by atoms with van der Waals surface area (Å²) in [5.41, 5.74) is 13.8. The molecule has 5 heteroatoms. The zero-order valence-corrected chi connectivity index (χ0v) is 10.8. The number of para-hydroxylation sites is 2. The van der Waals surface area contributed by atoms with E-state index in [0.29, 0.717) is 11.6 Å². The van der Waals surface area contributed by atoms with Crippen LogP contribution in [0.2, 0.25) is 0 Å². The number of nitrogens with two attached hydrogens (primary N) is 2. The van der Waals surface area contributed by atoms with Gasteiger partial charge in [0.25, 0.3) is 0 Å². The van der Waals surface area contributed by atoms with Gasteiger partial charge in [-0.2, -0.15) is 0 Å². The van der Waals surface area contributed by atoms with Crippen molar-refractivity contribution in [3.63, 3.8) is 0 Å². The Morgan fingerprint density at radius 1 is 1.05 bits per heavy atom. The lowest BCUT2D eigenvalue weighted by atomic mass is 9.91. The highest BCUT2D eigenvalue weighted by Gasteiger charge is 2.22. The Kier molecular flexibility index (Phi) is 3.21. The van der Waals surface area contributed by atoms with E-state index in [1.54, 1.807) is 0 Å². The van der Waals surface area contributed by atoms with Crippen LogP contribution in [-0.4, -0.2) is 22.1 Å². The van der Waals surface area contributed by atoms with Gasteiger partial charge in [0.15, 0.2) is 11.6 Å². The first-order valence-electron chi connectivity index (χ1n) is 6.78. The van der Waals surface area contributed by atoms with Crippen LogP contribution in [0.1, 0.15) is 25.7 Å². The minimum Gasteiger partial charge on any atom is -0.381 e. The summed E-state index contributed by atoms with van der Waals surface area (Å²) < 4.78 is 0. The predicted octanol–water partition coefficient (Wildman–Crippen LogP) is 1.89. The van der Waals surface area contributed by atoms with E-state index in [0.717, 1.165) is 23.9 Å². The Morgan fingerprint density at radius 3 is 2.47 bits per heavy atom. The van der Waals surface area contributed by atoms with E-state index in [1.807, 2.05) is 24.3 Å². The molecule has 0 unspecified atom stereocenters. The second kappa shape index (κ2) is 5.01. The molecule has 0 amide bonds. The average Bonchev–Trinajstić information content (AvgIpc) is 2.42. The molecule has 1 aromatic heterocycles. The summed E-state index contributed by atoms with van der Waals surface area (Å²) in [4.78, 5) is 8.93. The Morgan fingerprint density at radius 2 is 1.74 bits per heavy atom. The Labute approximate surface area is 112 Å². The number of fused-ring (bicyclic) bond motifs is 1. The number of nitrogens with zero attached hydrogens (tertiary/aromatic N) is 2. The molecule has 0 spiro atoms. The predicted molar refractivity (Wildman–Crippen MR) is 77.8 cm³/mol. The van der Waals surface area contributed by atoms with Crippen LogP contribution in [0.25, 0.3) is 11.0 Å². The molecule has 1 fully saturated rings. The van der Waals surface area contributed by atoms with Gasteiger partial charge in [-0.15, -0.1) is 0 Å². The third-order valence-corrected chi connectivity index (χ3v) is 3.74. The number of hydrogen-bond acceptors (Lipinski definition) is 5. The van der Waals surface area contributed by atoms with Crippen LogP contribution >= 0.6 is 0 Å². The average molecular weight is 257 g/mol. The van der Waals surface area contributed by atoms with Crippen LogP contribution in [0.4, 0.5) is 11.6 Å². The Bertz CT molecular complexity index is 583. The van der Waals surface area contributed by atoms with E-state index in [4.69, 9.17) is 11.5 Å². The highest BCUT2D eigenvalue weighted by molar-refractivity contribution is 5.79. The number of aromatic nitrogens is 2. The van der Waals surface area contributed by atoms with Crippen molar-refractivity contribution in [2.75, 3.05) is 11.1 Å². The fourth-order valence-corrected chi connectivity index (χ4v) is 2.63. The van der Waals surface area contributed by atoms with Crippen molar-refractivity contribution in [3.8, 4) is 0 Å². The summed E-state index contributed by atoms with van der Waals surface area (Å²) in [6.45, 7) is 0. The van der Waals surface area contributed by atoms with Crippen LogP contribution in [0.5, 0.6) is 0 Å². The van der Waals surface area contributed by atoms with Crippen LogP contribution in [0, 0.1) is 0 Å². The summed E-state index contributed by atoms with van der Waals surface area (Å²) in [6, 6.07) is 8.14. The first-order chi connectivity index (χ1) is 9.24. The van der Waals surface area contributed by atoms with Gasteiger partial charge in [-0.25, -0.2) is 9.97 Å². The van der Waals surface area contributed by atoms with E-state index in [2.05, 4.69) is 15.3 Å². The topological polar surface area (TPSA) is 89.8 Å². The maximum atomic E-state index is 6.14. The number of benzene rings is 1. The lowest BCUT2D eigenvalue weighted by Gasteiger charge is -2.29. The third-order valence-electron chi connectivity index (χ3n) is 3.74. The molecule has 0 bridgehead atoms. The van der Waals surface area contributed by atoms with E-state index < -0.39 is 0 Å². The molecule has 1 aliphatic carbocycles. The van der Waals surface area contributed by atoms with Gasteiger partial charge in [-0.3, -0.25) is 0 Å². The van der Waals surface area contributed by atoms with E-state index >= 15 is 0 Å². The molecule has 5 N–H and O–H groups in total. The highest BCUT2D eigenvalue weighted by Crippen LogP contribution is 2.24. The van der Waals surface area contributed by atoms with Crippen molar-refractivity contribution >= 4 is 22.7 Å². The fourth-order valence-electron chi connectivity index (χ4n) is 2.63. The maximum absolute atomic E-state index is 6.14. The van der Waals surface area contributed by atoms with Crippen molar-refractivity contribution in [1.29, 1.82) is 0 Å². The van der Waals surface area contributed by atoms with Gasteiger partial charge in [0.2, 0.25) is 0 Å². The summed E-state index contributed by atoms with van der Waals surface area (Å²) in [7, 11) is 0. The minimum atomic E-state index is 0.168. The third kappa shape index (κ3) is 2.46. The Balaban J connectivity index is 1.89. The number of nitrogen functional groups attached to an aromatic ring is 1. The quantitative estimate of drug-likeness (QED) is 0.764. The van der Waals surface area contributed by atoms with Gasteiger partial charge in [-0.05, 0) is 25.0 Å². The zero-order valence-electron chi connectivity index (χ0n) is 10.8. The zero-order chi connectivity index (χ0) is 13.2. The monoisotopic (exact) mass is 257 g/mol. The molecule has 1 aliphatic rings. The molecule has 2 aromatic rings. The molecule has 0 saturated heterocycles. The summed E-state index contributed by atoms with van der Waals surface area (Å²) >= 11 is 0. The van der Waals surface area contributed by atoms with Crippen molar-refractivity contribution < 1.29 is 0 Å². The van der Waals surface area contributed by atoms with Gasteiger partial charge in [0.05, 0.1) is 11.0 Å². The first kappa shape index (κ1) is 12.2. The van der Waals surface area contributed by atoms with Crippen LogP contribution in [0.3, 0.4) is 0 Å². The smallest absolute Gasteiger partial charge is 0.169 e. The molecule has 2 atom stereocenters. The molecule has 5 nitrogen and oxygen atoms in total. The molecule has 3 rings (SSSR count). The Hall–Kier alpha value is -1.88. The van der Waals surface area contributed by atoms with Gasteiger partial charge in [-0.1, -0.05) is 25.0 Å². The summed E-state index contributed by atoms with van der Waals surface area (Å²) in [5.74, 6) is 1.09. The van der Waals surface area contributed by atoms with Crippen molar-refractivity contribution in [3.05, 3.63) is 24.3 Å². The van der Waals surface area contributed by atoms with Crippen molar-refractivity contribution in [1.82, 2.24) is 9.97 Å². The van der Waals surface area contributed by atoms with E-state index in [9.17, 15) is 0 Å². The van der Waals surface area contributed by atoms with E-state index in [-0.39, 0.29) is 12.1 Å². The van der Waals surface area contributed by atoms with Gasteiger partial charge >= 0.3 is 0 Å². The first-order valence-corrected chi connectivity index (χ1v) is 6.78. The second-order valence-electron chi connectivity index (χ2n) is 5.15. The molecular formula is C14H19N5. The van der Waals surface area contributed by atoms with Crippen molar-refractivity contribution in [2.45, 2.75) is 37.8 Å². The number of rotatable bonds is 2. The normalized spacial score (nSPS) is 23.4. The largest absolute Gasteiger partial charge is 0.381 e. The van der Waals surface area contributed by atoms with Crippen LogP contribution < -0.4 is 16.8 Å². The van der Waals surface area contributed by atoms with Gasteiger partial charge in [0, 0.05) is 12.1 Å². The molecule has 0 radical (unpaired) electrons. The molecular weight excluding hydrogens is 238 g/mol. The molecule has 1 heterocycles. The molecule has 100 valence electrons. The SMILES string of the molecule is Nc1nc2ccccc2nc1N[C@H]1CCCC[C@@H]1N. The van der Waals surface area contributed by atoms with Crippen molar-refractivity contribution in [2.24, 2.45) is 5.73 Å². The lowest BCUT2D eigenvalue weighted by Crippen LogP contribution is -2.42. The highest BCUT2D eigenvalue weighted by atomic mass is 15.1. The lowest BCUT2D eigenvalue weighted by molar-refractivity contribution is 0.403. The minimum absolute atomic E-state index is 0.168. The van der Waals surface area contributed by atoms with Gasteiger partial charge in [0.1, 0.15) is 0 Å². The van der Waals surface area contributed by atoms with Gasteiger partial charge < -0.3 is 16.8 Å². The number of nitrogens with one attached hydrogen (secondary N) is 1. The number of anilines is 2. The molecule has 0 aliphatic heterocycles. The molecule has 1 aromatic carbocycles. The molecule has 1 saturated carbocycles. The van der Waals surface area contributed by atoms with E-state index in [1.165, 1.54) is 12.8 Å². The standard InChI is InChI=1S/C14H19N5/c15-9-5-1-2-6-10(9)18-14-13(16)17-11-7-3-4-8-12(11)19-14/h3-4,7-10H,1-2,5-6,15H2,(H2,16,17)(H,18,19)/t9-,10-/m0/s1. The van der Waals surface area contributed by atoms with Crippen LogP contribution in [0.15, 0.2) is 24.3 Å².